The molecule has 3 nitrogen and oxygen atoms in total. The van der Waals surface area contributed by atoms with E-state index in [9.17, 15) is 4.21 Å². The van der Waals surface area contributed by atoms with E-state index in [4.69, 9.17) is 8.37 Å². The van der Waals surface area contributed by atoms with Crippen molar-refractivity contribution in [3.63, 3.8) is 0 Å². The third kappa shape index (κ3) is 5.26. The maximum absolute atomic E-state index is 12.5. The second-order valence-electron chi connectivity index (χ2n) is 6.55. The molecule has 0 aromatic heterocycles. The molecule has 2 unspecified atom stereocenters. The fourth-order valence-electron chi connectivity index (χ4n) is 2.58. The van der Waals surface area contributed by atoms with Gasteiger partial charge in [-0.3, -0.25) is 8.37 Å². The lowest BCUT2D eigenvalue weighted by Crippen LogP contribution is -2.18. The summed E-state index contributed by atoms with van der Waals surface area (Å²) in [6, 6.07) is 19.7. The zero-order chi connectivity index (χ0) is 17.5. The predicted octanol–water partition coefficient (Wildman–Crippen LogP) is 5.39. The lowest BCUT2D eigenvalue weighted by molar-refractivity contribution is 0.102. The van der Waals surface area contributed by atoms with Gasteiger partial charge in [-0.25, -0.2) is 0 Å². The summed E-state index contributed by atoms with van der Waals surface area (Å²) in [5.74, 6) is 0.378. The molecule has 0 aliphatic rings. The van der Waals surface area contributed by atoms with E-state index >= 15 is 0 Å². The number of hydrogen-bond donors (Lipinski definition) is 0. The average molecular weight is 346 g/mol. The van der Waals surface area contributed by atoms with Gasteiger partial charge in [-0.2, -0.15) is 4.21 Å². The Morgan fingerprint density at radius 2 is 1.00 bits per heavy atom. The van der Waals surface area contributed by atoms with Gasteiger partial charge in [-0.05, 0) is 23.0 Å². The van der Waals surface area contributed by atoms with Crippen LogP contribution in [0.15, 0.2) is 60.7 Å². The Kier molecular flexibility index (Phi) is 7.16. The molecule has 0 aliphatic heterocycles. The SMILES string of the molecule is CC(C)C(OS(=O)OC(c1ccccc1)C(C)C)c1ccccc1. The van der Waals surface area contributed by atoms with E-state index < -0.39 is 11.4 Å². The van der Waals surface area contributed by atoms with E-state index in [-0.39, 0.29) is 24.0 Å². The van der Waals surface area contributed by atoms with Gasteiger partial charge in [0.15, 0.2) is 0 Å². The second kappa shape index (κ2) is 9.11. The van der Waals surface area contributed by atoms with Crippen LogP contribution in [0.2, 0.25) is 0 Å². The van der Waals surface area contributed by atoms with Crippen molar-refractivity contribution in [2.24, 2.45) is 11.8 Å². The largest absolute Gasteiger partial charge is 0.305 e. The average Bonchev–Trinajstić information content (AvgIpc) is 2.58. The topological polar surface area (TPSA) is 35.5 Å². The molecule has 130 valence electrons. The molecule has 2 rings (SSSR count). The zero-order valence-corrected chi connectivity index (χ0v) is 15.5. The van der Waals surface area contributed by atoms with Gasteiger partial charge in [0, 0.05) is 0 Å². The summed E-state index contributed by atoms with van der Waals surface area (Å²) in [5.41, 5.74) is 2.01. The standard InChI is InChI=1S/C20H26O3S/c1-15(2)19(17-11-7-5-8-12-17)22-24(21)23-20(16(3)4)18-13-9-6-10-14-18/h5-16,19-20H,1-4H3. The Morgan fingerprint density at radius 3 is 1.29 bits per heavy atom. The molecule has 0 fully saturated rings. The molecular weight excluding hydrogens is 320 g/mol. The van der Waals surface area contributed by atoms with Crippen molar-refractivity contribution in [2.45, 2.75) is 39.9 Å². The molecule has 24 heavy (non-hydrogen) atoms. The molecule has 2 atom stereocenters. The van der Waals surface area contributed by atoms with E-state index in [0.29, 0.717) is 0 Å². The Morgan fingerprint density at radius 1 is 0.667 bits per heavy atom. The van der Waals surface area contributed by atoms with E-state index in [1.165, 1.54) is 0 Å². The molecule has 0 N–H and O–H groups in total. The molecule has 0 spiro atoms. The van der Waals surface area contributed by atoms with Crippen molar-refractivity contribution in [3.8, 4) is 0 Å². The lowest BCUT2D eigenvalue weighted by atomic mass is 9.99. The van der Waals surface area contributed by atoms with Gasteiger partial charge in [0.25, 0.3) is 0 Å². The highest BCUT2D eigenvalue weighted by Crippen LogP contribution is 2.31. The first-order valence-corrected chi connectivity index (χ1v) is 9.35. The van der Waals surface area contributed by atoms with Crippen LogP contribution >= 0.6 is 0 Å². The molecule has 0 radical (unpaired) electrons. The molecule has 2 aromatic rings. The van der Waals surface area contributed by atoms with Crippen LogP contribution in [0.5, 0.6) is 0 Å². The van der Waals surface area contributed by atoms with Crippen LogP contribution in [0.4, 0.5) is 0 Å². The van der Waals surface area contributed by atoms with Gasteiger partial charge in [0.2, 0.25) is 0 Å². The summed E-state index contributed by atoms with van der Waals surface area (Å²) < 4.78 is 24.0. The molecule has 0 saturated heterocycles. The van der Waals surface area contributed by atoms with Crippen molar-refractivity contribution in [1.29, 1.82) is 0 Å². The molecule has 4 heteroatoms. The monoisotopic (exact) mass is 346 g/mol. The van der Waals surface area contributed by atoms with Crippen molar-refractivity contribution < 1.29 is 12.6 Å². The highest BCUT2D eigenvalue weighted by atomic mass is 32.2. The first-order valence-electron chi connectivity index (χ1n) is 8.35. The Labute approximate surface area is 147 Å². The summed E-state index contributed by atoms with van der Waals surface area (Å²) in [6.07, 6.45) is -0.536. The van der Waals surface area contributed by atoms with Gasteiger partial charge in [-0.1, -0.05) is 88.4 Å². The van der Waals surface area contributed by atoms with Crippen molar-refractivity contribution in [1.82, 2.24) is 0 Å². The van der Waals surface area contributed by atoms with Crippen molar-refractivity contribution >= 4 is 11.4 Å². The van der Waals surface area contributed by atoms with Crippen LogP contribution in [0, 0.1) is 11.8 Å². The normalized spacial score (nSPS) is 15.4. The van der Waals surface area contributed by atoms with Gasteiger partial charge in [0.1, 0.15) is 12.2 Å². The van der Waals surface area contributed by atoms with E-state index in [1.807, 2.05) is 88.4 Å². The highest BCUT2D eigenvalue weighted by molar-refractivity contribution is 7.75. The smallest absolute Gasteiger partial charge is 0.260 e. The summed E-state index contributed by atoms with van der Waals surface area (Å²) in [6.45, 7) is 8.19. The molecule has 0 bridgehead atoms. The molecule has 0 amide bonds. The van der Waals surface area contributed by atoms with Crippen molar-refractivity contribution in [2.75, 3.05) is 0 Å². The Hall–Kier alpha value is -1.49. The molecule has 2 aromatic carbocycles. The van der Waals surface area contributed by atoms with E-state index in [0.717, 1.165) is 11.1 Å². The highest BCUT2D eigenvalue weighted by Gasteiger charge is 2.24. The van der Waals surface area contributed by atoms with Gasteiger partial charge < -0.3 is 0 Å². The molecular formula is C20H26O3S. The van der Waals surface area contributed by atoms with E-state index in [1.54, 1.807) is 0 Å². The maximum atomic E-state index is 12.5. The minimum absolute atomic E-state index is 0.189. The van der Waals surface area contributed by atoms with E-state index in [2.05, 4.69) is 0 Å². The summed E-state index contributed by atoms with van der Waals surface area (Å²) >= 11 is -1.82. The zero-order valence-electron chi connectivity index (χ0n) is 14.7. The minimum Gasteiger partial charge on any atom is -0.260 e. The van der Waals surface area contributed by atoms with Crippen LogP contribution in [-0.4, -0.2) is 4.21 Å². The third-order valence-corrected chi connectivity index (χ3v) is 4.56. The number of hydrogen-bond acceptors (Lipinski definition) is 3. The second-order valence-corrected chi connectivity index (χ2v) is 7.34. The minimum atomic E-state index is -1.82. The van der Waals surface area contributed by atoms with Crippen molar-refractivity contribution in [3.05, 3.63) is 71.8 Å². The Bertz CT molecular complexity index is 570. The molecule has 0 saturated carbocycles. The lowest BCUT2D eigenvalue weighted by Gasteiger charge is -2.24. The summed E-state index contributed by atoms with van der Waals surface area (Å²) in [4.78, 5) is 0. The van der Waals surface area contributed by atoms with Gasteiger partial charge in [-0.15, -0.1) is 0 Å². The van der Waals surface area contributed by atoms with Crippen LogP contribution in [0.25, 0.3) is 0 Å². The van der Waals surface area contributed by atoms with Gasteiger partial charge in [0.05, 0.1) is 0 Å². The van der Waals surface area contributed by atoms with Crippen LogP contribution in [-0.2, 0) is 19.7 Å². The predicted molar refractivity (Wildman–Crippen MR) is 98.4 cm³/mol. The van der Waals surface area contributed by atoms with Crippen LogP contribution in [0.3, 0.4) is 0 Å². The number of rotatable bonds is 8. The summed E-state index contributed by atoms with van der Waals surface area (Å²) in [5, 5.41) is 0. The van der Waals surface area contributed by atoms with Crippen LogP contribution in [0.1, 0.15) is 51.0 Å². The Balaban J connectivity index is 2.09. The first-order chi connectivity index (χ1) is 11.5. The maximum Gasteiger partial charge on any atom is 0.305 e. The molecule has 0 aliphatic carbocycles. The summed E-state index contributed by atoms with van der Waals surface area (Å²) in [7, 11) is 0. The van der Waals surface area contributed by atoms with Gasteiger partial charge >= 0.3 is 11.4 Å². The fourth-order valence-corrected chi connectivity index (χ4v) is 3.63. The fraction of sp³-hybridized carbons (Fsp3) is 0.400. The van der Waals surface area contributed by atoms with Crippen LogP contribution < -0.4 is 0 Å². The number of benzene rings is 2. The first kappa shape index (κ1) is 18.8. The quantitative estimate of drug-likeness (QED) is 0.642. The molecule has 0 heterocycles. The third-order valence-electron chi connectivity index (χ3n) is 3.83.